The van der Waals surface area contributed by atoms with Gasteiger partial charge in [-0.25, -0.2) is 0 Å². The van der Waals surface area contributed by atoms with Crippen LogP contribution in [0.2, 0.25) is 0 Å². The zero-order chi connectivity index (χ0) is 12.1. The first-order valence-corrected chi connectivity index (χ1v) is 6.10. The van der Waals surface area contributed by atoms with Crippen molar-refractivity contribution in [2.45, 2.75) is 13.0 Å². The van der Waals surface area contributed by atoms with Crippen molar-refractivity contribution in [2.24, 2.45) is 0 Å². The minimum Gasteiger partial charge on any atom is -0.486 e. The molecule has 1 aliphatic heterocycles. The molecule has 2 rings (SSSR count). The summed E-state index contributed by atoms with van der Waals surface area (Å²) in [6.45, 7) is 4.00. The molecule has 0 fully saturated rings. The van der Waals surface area contributed by atoms with Crippen molar-refractivity contribution in [3.63, 3.8) is 0 Å². The SMILES string of the molecule is CCNC(=S)NC[C@@H]1COc2ccccc2O1. The number of nitrogens with one attached hydrogen (secondary N) is 2. The van der Waals surface area contributed by atoms with Crippen LogP contribution in [0, 0.1) is 0 Å². The first-order chi connectivity index (χ1) is 8.29. The fourth-order valence-corrected chi connectivity index (χ4v) is 1.82. The monoisotopic (exact) mass is 252 g/mol. The van der Waals surface area contributed by atoms with E-state index in [4.69, 9.17) is 21.7 Å². The molecule has 0 amide bonds. The molecule has 0 aliphatic carbocycles. The first kappa shape index (κ1) is 12.0. The van der Waals surface area contributed by atoms with Gasteiger partial charge in [0.2, 0.25) is 0 Å². The fourth-order valence-electron chi connectivity index (χ4n) is 1.59. The van der Waals surface area contributed by atoms with E-state index in [0.717, 1.165) is 18.0 Å². The molecule has 0 aromatic heterocycles. The second-order valence-electron chi connectivity index (χ2n) is 3.74. The van der Waals surface area contributed by atoms with Crippen molar-refractivity contribution in [1.82, 2.24) is 10.6 Å². The molecule has 1 aromatic rings. The molecule has 1 aromatic carbocycles. The lowest BCUT2D eigenvalue weighted by molar-refractivity contribution is 0.0937. The maximum atomic E-state index is 5.79. The van der Waals surface area contributed by atoms with Crippen LogP contribution in [0.25, 0.3) is 0 Å². The fraction of sp³-hybridized carbons (Fsp3) is 0.417. The number of rotatable bonds is 3. The molecule has 4 nitrogen and oxygen atoms in total. The number of hydrogen-bond acceptors (Lipinski definition) is 3. The van der Waals surface area contributed by atoms with Crippen LogP contribution in [0.4, 0.5) is 0 Å². The Morgan fingerprint density at radius 1 is 1.35 bits per heavy atom. The van der Waals surface area contributed by atoms with E-state index >= 15 is 0 Å². The van der Waals surface area contributed by atoms with Crippen molar-refractivity contribution in [3.05, 3.63) is 24.3 Å². The molecule has 1 aliphatic rings. The summed E-state index contributed by atoms with van der Waals surface area (Å²) in [5.41, 5.74) is 0. The van der Waals surface area contributed by atoms with Crippen LogP contribution in [0.15, 0.2) is 24.3 Å². The summed E-state index contributed by atoms with van der Waals surface area (Å²) in [7, 11) is 0. The van der Waals surface area contributed by atoms with Gasteiger partial charge in [0.05, 0.1) is 6.54 Å². The average Bonchev–Trinajstić information content (AvgIpc) is 2.36. The molecule has 0 spiro atoms. The third-order valence-electron chi connectivity index (χ3n) is 2.40. The van der Waals surface area contributed by atoms with E-state index in [0.29, 0.717) is 18.3 Å². The van der Waals surface area contributed by atoms with Gasteiger partial charge in [-0.2, -0.15) is 0 Å². The normalized spacial score (nSPS) is 17.4. The number of para-hydroxylation sites is 2. The Labute approximate surface area is 106 Å². The molecule has 0 saturated carbocycles. The van der Waals surface area contributed by atoms with E-state index in [9.17, 15) is 0 Å². The summed E-state index contributed by atoms with van der Waals surface area (Å²) in [4.78, 5) is 0. The Morgan fingerprint density at radius 2 is 2.12 bits per heavy atom. The van der Waals surface area contributed by atoms with Gasteiger partial charge in [-0.05, 0) is 31.3 Å². The quantitative estimate of drug-likeness (QED) is 0.794. The topological polar surface area (TPSA) is 42.5 Å². The number of fused-ring (bicyclic) bond motifs is 1. The second-order valence-corrected chi connectivity index (χ2v) is 4.15. The Balaban J connectivity index is 1.84. The molecule has 2 N–H and O–H groups in total. The lowest BCUT2D eigenvalue weighted by atomic mass is 10.2. The second kappa shape index (κ2) is 5.72. The van der Waals surface area contributed by atoms with E-state index in [2.05, 4.69) is 10.6 Å². The minimum absolute atomic E-state index is 0.0125. The highest BCUT2D eigenvalue weighted by Gasteiger charge is 2.20. The van der Waals surface area contributed by atoms with Crippen LogP contribution in [0.5, 0.6) is 11.5 Å². The van der Waals surface area contributed by atoms with Gasteiger partial charge < -0.3 is 20.1 Å². The van der Waals surface area contributed by atoms with Crippen LogP contribution < -0.4 is 20.1 Å². The summed E-state index contributed by atoms with van der Waals surface area (Å²) in [6, 6.07) is 7.68. The molecule has 92 valence electrons. The highest BCUT2D eigenvalue weighted by molar-refractivity contribution is 7.80. The smallest absolute Gasteiger partial charge is 0.166 e. The van der Waals surface area contributed by atoms with Crippen molar-refractivity contribution >= 4 is 17.3 Å². The van der Waals surface area contributed by atoms with E-state index in [1.165, 1.54) is 0 Å². The van der Waals surface area contributed by atoms with Gasteiger partial charge in [-0.3, -0.25) is 0 Å². The Kier molecular flexibility index (Phi) is 4.03. The molecular weight excluding hydrogens is 236 g/mol. The molecule has 5 heteroatoms. The molecule has 0 bridgehead atoms. The van der Waals surface area contributed by atoms with E-state index < -0.39 is 0 Å². The summed E-state index contributed by atoms with van der Waals surface area (Å²) >= 11 is 5.08. The van der Waals surface area contributed by atoms with Crippen molar-refractivity contribution in [2.75, 3.05) is 19.7 Å². The van der Waals surface area contributed by atoms with Gasteiger partial charge in [0.25, 0.3) is 0 Å². The molecule has 17 heavy (non-hydrogen) atoms. The first-order valence-electron chi connectivity index (χ1n) is 5.69. The maximum absolute atomic E-state index is 5.79. The van der Waals surface area contributed by atoms with Crippen molar-refractivity contribution in [3.8, 4) is 11.5 Å². The van der Waals surface area contributed by atoms with E-state index in [-0.39, 0.29) is 6.10 Å². The third-order valence-corrected chi connectivity index (χ3v) is 2.68. The minimum atomic E-state index is -0.0125. The van der Waals surface area contributed by atoms with Crippen LogP contribution in [0.3, 0.4) is 0 Å². The zero-order valence-electron chi connectivity index (χ0n) is 9.73. The highest BCUT2D eigenvalue weighted by Crippen LogP contribution is 2.30. The molecular formula is C12H16N2O2S. The van der Waals surface area contributed by atoms with Gasteiger partial charge in [0.15, 0.2) is 16.6 Å². The summed E-state index contributed by atoms with van der Waals surface area (Å²) in [5, 5.41) is 6.78. The van der Waals surface area contributed by atoms with Gasteiger partial charge in [0.1, 0.15) is 12.7 Å². The lowest BCUT2D eigenvalue weighted by Crippen LogP contribution is -2.44. The lowest BCUT2D eigenvalue weighted by Gasteiger charge is -2.26. The number of hydrogen-bond donors (Lipinski definition) is 2. The molecule has 0 unspecified atom stereocenters. The predicted octanol–water partition coefficient (Wildman–Crippen LogP) is 1.31. The standard InChI is InChI=1S/C12H16N2O2S/c1-2-13-12(17)14-7-9-8-15-10-5-3-4-6-11(10)16-9/h3-6,9H,2,7-8H2,1H3,(H2,13,14,17)/t9-/m1/s1. The number of benzene rings is 1. The summed E-state index contributed by atoms with van der Waals surface area (Å²) < 4.78 is 11.4. The van der Waals surface area contributed by atoms with E-state index in [1.807, 2.05) is 31.2 Å². The number of thiocarbonyl (C=S) groups is 1. The van der Waals surface area contributed by atoms with Crippen LogP contribution in [0.1, 0.15) is 6.92 Å². The Morgan fingerprint density at radius 3 is 2.88 bits per heavy atom. The van der Waals surface area contributed by atoms with Crippen LogP contribution in [-0.2, 0) is 0 Å². The number of ether oxygens (including phenoxy) is 2. The van der Waals surface area contributed by atoms with Crippen LogP contribution in [-0.4, -0.2) is 30.9 Å². The summed E-state index contributed by atoms with van der Waals surface area (Å²) in [5.74, 6) is 1.60. The van der Waals surface area contributed by atoms with Gasteiger partial charge >= 0.3 is 0 Å². The Bertz CT molecular complexity index is 398. The van der Waals surface area contributed by atoms with Crippen molar-refractivity contribution < 1.29 is 9.47 Å². The van der Waals surface area contributed by atoms with Gasteiger partial charge in [-0.15, -0.1) is 0 Å². The third kappa shape index (κ3) is 3.23. The largest absolute Gasteiger partial charge is 0.486 e. The Hall–Kier alpha value is -1.49. The molecule has 1 atom stereocenters. The van der Waals surface area contributed by atoms with Gasteiger partial charge in [0, 0.05) is 6.54 Å². The molecule has 1 heterocycles. The summed E-state index contributed by atoms with van der Waals surface area (Å²) in [6.07, 6.45) is -0.0125. The average molecular weight is 252 g/mol. The van der Waals surface area contributed by atoms with Crippen LogP contribution >= 0.6 is 12.2 Å². The predicted molar refractivity (Wildman–Crippen MR) is 70.6 cm³/mol. The molecule has 0 saturated heterocycles. The maximum Gasteiger partial charge on any atom is 0.166 e. The highest BCUT2D eigenvalue weighted by atomic mass is 32.1. The molecule has 0 radical (unpaired) electrons. The van der Waals surface area contributed by atoms with Crippen molar-refractivity contribution in [1.29, 1.82) is 0 Å². The zero-order valence-corrected chi connectivity index (χ0v) is 10.5. The van der Waals surface area contributed by atoms with Gasteiger partial charge in [-0.1, -0.05) is 12.1 Å². The van der Waals surface area contributed by atoms with E-state index in [1.54, 1.807) is 0 Å².